The van der Waals surface area contributed by atoms with E-state index in [1.165, 1.54) is 4.68 Å². The van der Waals surface area contributed by atoms with Crippen LogP contribution in [-0.2, 0) is 6.54 Å². The highest BCUT2D eigenvalue weighted by molar-refractivity contribution is 6.02. The van der Waals surface area contributed by atoms with E-state index in [4.69, 9.17) is 5.73 Å². The van der Waals surface area contributed by atoms with Crippen LogP contribution in [0.2, 0.25) is 0 Å². The summed E-state index contributed by atoms with van der Waals surface area (Å²) in [5, 5.41) is 17.0. The summed E-state index contributed by atoms with van der Waals surface area (Å²) >= 11 is 0. The summed E-state index contributed by atoms with van der Waals surface area (Å²) < 4.78 is 1.53. The molecule has 0 bridgehead atoms. The quantitative estimate of drug-likeness (QED) is 0.696. The fraction of sp³-hybridized carbons (Fsp3) is 0.400. The molecule has 0 fully saturated rings. The molecular formula is C10H15N7O. The predicted octanol–water partition coefficient (Wildman–Crippen LogP) is -0.171. The van der Waals surface area contributed by atoms with Gasteiger partial charge in [0.2, 0.25) is 0 Å². The number of carbonyl (C=O) groups is 1. The van der Waals surface area contributed by atoms with E-state index < -0.39 is 0 Å². The number of hydrogen-bond donors (Lipinski definition) is 3. The molecule has 96 valence electrons. The average Bonchev–Trinajstić information content (AvgIpc) is 2.92. The lowest BCUT2D eigenvalue weighted by Gasteiger charge is -1.99. The van der Waals surface area contributed by atoms with Crippen LogP contribution in [0, 0.1) is 13.8 Å². The first-order valence-electron chi connectivity index (χ1n) is 5.55. The number of aryl methyl sites for hydroxylation is 1. The first-order chi connectivity index (χ1) is 8.61. The molecule has 18 heavy (non-hydrogen) atoms. The van der Waals surface area contributed by atoms with Gasteiger partial charge in [-0.3, -0.25) is 14.6 Å². The van der Waals surface area contributed by atoms with Gasteiger partial charge in [0.05, 0.1) is 12.7 Å². The number of rotatable bonds is 4. The second kappa shape index (κ2) is 4.96. The molecule has 2 aromatic heterocycles. The minimum atomic E-state index is -0.340. The molecule has 0 spiro atoms. The van der Waals surface area contributed by atoms with Gasteiger partial charge in [0.1, 0.15) is 0 Å². The first-order valence-corrected chi connectivity index (χ1v) is 5.55. The van der Waals surface area contributed by atoms with Gasteiger partial charge in [0.15, 0.2) is 11.5 Å². The topological polar surface area (TPSA) is 115 Å². The Bertz CT molecular complexity index is 556. The third-order valence-corrected chi connectivity index (χ3v) is 2.61. The van der Waals surface area contributed by atoms with Gasteiger partial charge < -0.3 is 11.1 Å². The molecule has 0 saturated heterocycles. The van der Waals surface area contributed by atoms with Gasteiger partial charge >= 0.3 is 0 Å². The van der Waals surface area contributed by atoms with Crippen LogP contribution in [0.5, 0.6) is 0 Å². The lowest BCUT2D eigenvalue weighted by atomic mass is 10.3. The maximum atomic E-state index is 11.9. The van der Waals surface area contributed by atoms with Crippen LogP contribution in [0.1, 0.15) is 21.7 Å². The van der Waals surface area contributed by atoms with Crippen LogP contribution in [0.25, 0.3) is 0 Å². The molecule has 4 N–H and O–H groups in total. The van der Waals surface area contributed by atoms with E-state index >= 15 is 0 Å². The Morgan fingerprint density at radius 3 is 2.94 bits per heavy atom. The molecule has 0 unspecified atom stereocenters. The van der Waals surface area contributed by atoms with Crippen molar-refractivity contribution in [3.63, 3.8) is 0 Å². The SMILES string of the molecule is Cc1[nH]nc(NC(=O)c2cn(CCN)nn2)c1C. The number of hydrogen-bond acceptors (Lipinski definition) is 5. The Balaban J connectivity index is 2.09. The summed E-state index contributed by atoms with van der Waals surface area (Å²) in [6, 6.07) is 0. The maximum Gasteiger partial charge on any atom is 0.279 e. The number of aromatic amines is 1. The van der Waals surface area contributed by atoms with Crippen molar-refractivity contribution in [2.24, 2.45) is 5.73 Å². The summed E-state index contributed by atoms with van der Waals surface area (Å²) in [5.41, 5.74) is 7.44. The van der Waals surface area contributed by atoms with Crippen LogP contribution in [0.4, 0.5) is 5.82 Å². The summed E-state index contributed by atoms with van der Waals surface area (Å²) in [4.78, 5) is 11.9. The van der Waals surface area contributed by atoms with Crippen molar-refractivity contribution < 1.29 is 4.79 Å². The minimum Gasteiger partial charge on any atom is -0.329 e. The molecule has 0 aliphatic carbocycles. The molecule has 2 rings (SSSR count). The van der Waals surface area contributed by atoms with Crippen LogP contribution in [0.3, 0.4) is 0 Å². The molecule has 2 aromatic rings. The van der Waals surface area contributed by atoms with Crippen molar-refractivity contribution in [1.82, 2.24) is 25.2 Å². The molecule has 0 radical (unpaired) electrons. The number of H-pyrrole nitrogens is 1. The monoisotopic (exact) mass is 249 g/mol. The molecule has 0 aromatic carbocycles. The second-order valence-electron chi connectivity index (χ2n) is 3.93. The Kier molecular flexibility index (Phi) is 3.38. The number of nitrogens with one attached hydrogen (secondary N) is 2. The zero-order chi connectivity index (χ0) is 13.1. The van der Waals surface area contributed by atoms with E-state index in [1.54, 1.807) is 6.20 Å². The molecule has 8 heteroatoms. The van der Waals surface area contributed by atoms with Crippen LogP contribution >= 0.6 is 0 Å². The van der Waals surface area contributed by atoms with Crippen LogP contribution in [-0.4, -0.2) is 37.6 Å². The van der Waals surface area contributed by atoms with Gasteiger partial charge in [0, 0.05) is 17.8 Å². The summed E-state index contributed by atoms with van der Waals surface area (Å²) in [5.74, 6) is 0.166. The van der Waals surface area contributed by atoms with Gasteiger partial charge in [-0.05, 0) is 13.8 Å². The Labute approximate surface area is 104 Å². The van der Waals surface area contributed by atoms with Gasteiger partial charge in [-0.1, -0.05) is 5.21 Å². The zero-order valence-corrected chi connectivity index (χ0v) is 10.3. The summed E-state index contributed by atoms with van der Waals surface area (Å²) in [7, 11) is 0. The fourth-order valence-corrected chi connectivity index (χ4v) is 1.42. The van der Waals surface area contributed by atoms with Crippen molar-refractivity contribution in [3.05, 3.63) is 23.1 Å². The maximum absolute atomic E-state index is 11.9. The fourth-order valence-electron chi connectivity index (χ4n) is 1.42. The third-order valence-electron chi connectivity index (χ3n) is 2.61. The molecule has 0 aliphatic heterocycles. The highest BCUT2D eigenvalue weighted by Gasteiger charge is 2.14. The van der Waals surface area contributed by atoms with Gasteiger partial charge in [-0.2, -0.15) is 5.10 Å². The van der Waals surface area contributed by atoms with Crippen LogP contribution in [0.15, 0.2) is 6.20 Å². The van der Waals surface area contributed by atoms with Gasteiger partial charge in [-0.15, -0.1) is 5.10 Å². The number of amides is 1. The predicted molar refractivity (Wildman–Crippen MR) is 65.1 cm³/mol. The van der Waals surface area contributed by atoms with Gasteiger partial charge in [0.25, 0.3) is 5.91 Å². The number of nitrogens with zero attached hydrogens (tertiary/aromatic N) is 4. The minimum absolute atomic E-state index is 0.239. The van der Waals surface area contributed by atoms with Crippen molar-refractivity contribution in [3.8, 4) is 0 Å². The van der Waals surface area contributed by atoms with E-state index in [0.29, 0.717) is 18.9 Å². The van der Waals surface area contributed by atoms with E-state index in [0.717, 1.165) is 11.3 Å². The number of carbonyl (C=O) groups excluding carboxylic acids is 1. The summed E-state index contributed by atoms with van der Waals surface area (Å²) in [6.07, 6.45) is 1.55. The molecule has 8 nitrogen and oxygen atoms in total. The normalized spacial score (nSPS) is 10.6. The Morgan fingerprint density at radius 1 is 1.56 bits per heavy atom. The summed E-state index contributed by atoms with van der Waals surface area (Å²) in [6.45, 7) is 4.73. The average molecular weight is 249 g/mol. The molecule has 2 heterocycles. The molecular weight excluding hydrogens is 234 g/mol. The van der Waals surface area contributed by atoms with Crippen molar-refractivity contribution in [2.75, 3.05) is 11.9 Å². The van der Waals surface area contributed by atoms with E-state index in [9.17, 15) is 4.79 Å². The Morgan fingerprint density at radius 2 is 2.33 bits per heavy atom. The standard InChI is InChI=1S/C10H15N7O/c1-6-7(2)13-15-9(6)12-10(18)8-5-17(4-3-11)16-14-8/h5H,3-4,11H2,1-2H3,(H2,12,13,15,18). The second-order valence-corrected chi connectivity index (χ2v) is 3.93. The number of nitrogens with two attached hydrogens (primary N) is 1. The van der Waals surface area contributed by atoms with E-state index in [-0.39, 0.29) is 11.6 Å². The van der Waals surface area contributed by atoms with Crippen molar-refractivity contribution in [1.29, 1.82) is 0 Å². The Hall–Kier alpha value is -2.22. The van der Waals surface area contributed by atoms with Crippen LogP contribution < -0.4 is 11.1 Å². The van der Waals surface area contributed by atoms with E-state index in [2.05, 4.69) is 25.8 Å². The molecule has 0 saturated carbocycles. The number of anilines is 1. The lowest BCUT2D eigenvalue weighted by molar-refractivity contribution is 0.102. The largest absolute Gasteiger partial charge is 0.329 e. The third kappa shape index (κ3) is 2.38. The van der Waals surface area contributed by atoms with Gasteiger partial charge in [-0.25, -0.2) is 0 Å². The zero-order valence-electron chi connectivity index (χ0n) is 10.3. The van der Waals surface area contributed by atoms with E-state index in [1.807, 2.05) is 13.8 Å². The molecule has 1 amide bonds. The highest BCUT2D eigenvalue weighted by atomic mass is 16.2. The highest BCUT2D eigenvalue weighted by Crippen LogP contribution is 2.14. The first kappa shape index (κ1) is 12.2. The molecule has 0 aliphatic rings. The smallest absolute Gasteiger partial charge is 0.279 e. The van der Waals surface area contributed by atoms with Crippen molar-refractivity contribution in [2.45, 2.75) is 20.4 Å². The number of aromatic nitrogens is 5. The lowest BCUT2D eigenvalue weighted by Crippen LogP contribution is -2.13. The van der Waals surface area contributed by atoms with Crippen molar-refractivity contribution >= 4 is 11.7 Å². The molecule has 0 atom stereocenters.